The van der Waals surface area contributed by atoms with E-state index < -0.39 is 72.6 Å². The minimum absolute atomic E-state index is 0.385. The number of methoxy groups -OCH3 is 2. The predicted octanol–water partition coefficient (Wildman–Crippen LogP) is -1.42. The Bertz CT molecular complexity index is 725. The van der Waals surface area contributed by atoms with Crippen molar-refractivity contribution in [1.82, 2.24) is 5.32 Å². The molecule has 13 heteroatoms. The molecule has 0 bridgehead atoms. The van der Waals surface area contributed by atoms with E-state index in [2.05, 4.69) is 5.32 Å². The van der Waals surface area contributed by atoms with Crippen LogP contribution in [0.5, 0.6) is 0 Å². The van der Waals surface area contributed by atoms with Gasteiger partial charge in [-0.05, 0) is 0 Å². The molecule has 1 saturated heterocycles. The molecule has 1 amide bonds. The Morgan fingerprint density at radius 3 is 2.12 bits per heavy atom. The van der Waals surface area contributed by atoms with Gasteiger partial charge in [0, 0.05) is 34.8 Å². The zero-order valence-electron chi connectivity index (χ0n) is 18.7. The number of rotatable bonds is 9. The molecule has 1 aliphatic heterocycles. The third-order valence-electron chi connectivity index (χ3n) is 4.53. The Hall–Kier alpha value is -2.77. The molecule has 0 aliphatic carbocycles. The first-order valence-electron chi connectivity index (χ1n) is 9.61. The topological polar surface area (TPSA) is 173 Å². The van der Waals surface area contributed by atoms with E-state index in [1.807, 2.05) is 0 Å². The van der Waals surface area contributed by atoms with Crippen LogP contribution in [0.4, 0.5) is 0 Å². The Balaban J connectivity index is 3.54. The van der Waals surface area contributed by atoms with Crippen molar-refractivity contribution in [2.45, 2.75) is 70.4 Å². The van der Waals surface area contributed by atoms with Crippen LogP contribution in [0.1, 0.15) is 34.1 Å². The van der Waals surface area contributed by atoms with Crippen molar-refractivity contribution in [2.24, 2.45) is 0 Å². The van der Waals surface area contributed by atoms with Gasteiger partial charge >= 0.3 is 23.9 Å². The molecule has 0 aromatic rings. The average molecular weight is 463 g/mol. The maximum absolute atomic E-state index is 12.5. The lowest BCUT2D eigenvalue weighted by Gasteiger charge is -2.47. The summed E-state index contributed by atoms with van der Waals surface area (Å²) in [6.07, 6.45) is -6.32. The molecule has 0 spiro atoms. The highest BCUT2D eigenvalue weighted by molar-refractivity contribution is 5.78. The first-order valence-corrected chi connectivity index (χ1v) is 9.61. The van der Waals surface area contributed by atoms with Gasteiger partial charge in [0.2, 0.25) is 5.91 Å². The van der Waals surface area contributed by atoms with Crippen LogP contribution in [-0.4, -0.2) is 92.0 Å². The molecule has 1 rings (SSSR count). The van der Waals surface area contributed by atoms with Crippen molar-refractivity contribution in [3.63, 3.8) is 0 Å². The summed E-state index contributed by atoms with van der Waals surface area (Å²) in [5, 5.41) is 13.1. The van der Waals surface area contributed by atoms with E-state index in [0.29, 0.717) is 0 Å². The van der Waals surface area contributed by atoms with Gasteiger partial charge < -0.3 is 38.8 Å². The summed E-state index contributed by atoms with van der Waals surface area (Å²) in [7, 11) is 2.20. The molecule has 1 fully saturated rings. The molecule has 0 unspecified atom stereocenters. The maximum Gasteiger partial charge on any atom is 0.366 e. The predicted molar refractivity (Wildman–Crippen MR) is 103 cm³/mol. The molecule has 2 N–H and O–H groups in total. The van der Waals surface area contributed by atoms with Crippen LogP contribution in [0.2, 0.25) is 0 Å². The molecule has 0 saturated carbocycles. The monoisotopic (exact) mass is 463 g/mol. The van der Waals surface area contributed by atoms with Crippen molar-refractivity contribution >= 4 is 29.8 Å². The van der Waals surface area contributed by atoms with Gasteiger partial charge in [-0.15, -0.1) is 0 Å². The van der Waals surface area contributed by atoms with E-state index in [1.165, 1.54) is 6.92 Å². The summed E-state index contributed by atoms with van der Waals surface area (Å²) in [6.45, 7) is 3.85. The van der Waals surface area contributed by atoms with Crippen molar-refractivity contribution in [2.75, 3.05) is 20.8 Å². The molecule has 182 valence electrons. The number of nitrogens with one attached hydrogen (secondary N) is 1. The van der Waals surface area contributed by atoms with E-state index in [9.17, 15) is 29.1 Å². The largest absolute Gasteiger partial charge is 0.465 e. The molecular weight excluding hydrogens is 434 g/mol. The van der Waals surface area contributed by atoms with Crippen LogP contribution in [0.25, 0.3) is 0 Å². The maximum atomic E-state index is 12.5. The number of aliphatic hydroxyl groups is 1. The van der Waals surface area contributed by atoms with Crippen LogP contribution in [0.15, 0.2) is 0 Å². The van der Waals surface area contributed by atoms with Crippen LogP contribution in [0.3, 0.4) is 0 Å². The van der Waals surface area contributed by atoms with E-state index in [0.717, 1.165) is 35.0 Å². The molecule has 0 aromatic heterocycles. The number of hydrogen-bond donors (Lipinski definition) is 2. The smallest absolute Gasteiger partial charge is 0.366 e. The Kier molecular flexibility index (Phi) is 10.0. The highest BCUT2D eigenvalue weighted by Gasteiger charge is 2.58. The Morgan fingerprint density at radius 1 is 1.06 bits per heavy atom. The lowest BCUT2D eigenvalue weighted by molar-refractivity contribution is -0.307. The second-order valence-corrected chi connectivity index (χ2v) is 7.05. The lowest BCUT2D eigenvalue weighted by Crippen LogP contribution is -2.69. The second-order valence-electron chi connectivity index (χ2n) is 7.05. The van der Waals surface area contributed by atoms with E-state index in [-0.39, 0.29) is 6.42 Å². The van der Waals surface area contributed by atoms with Crippen molar-refractivity contribution < 1.29 is 57.5 Å². The van der Waals surface area contributed by atoms with E-state index >= 15 is 0 Å². The van der Waals surface area contributed by atoms with Crippen molar-refractivity contribution in [3.8, 4) is 0 Å². The normalized spacial score (nSPS) is 26.8. The summed E-state index contributed by atoms with van der Waals surface area (Å²) in [6, 6.07) is -1.19. The zero-order chi connectivity index (χ0) is 24.6. The number of amides is 1. The minimum atomic E-state index is -2.13. The van der Waals surface area contributed by atoms with Crippen molar-refractivity contribution in [3.05, 3.63) is 0 Å². The Labute approximate surface area is 184 Å². The SMILES string of the molecule is COC(=O)[C@]1(OC)C[C@H](OC(C)=O)[C@@H](NC(C)=O)[C@H]([C@H](OC(C)=O)[C@H](O)COC(C)=O)O1. The number of carbonyl (C=O) groups is 5. The van der Waals surface area contributed by atoms with E-state index in [4.69, 9.17) is 28.4 Å². The van der Waals surface area contributed by atoms with Gasteiger partial charge in [0.25, 0.3) is 5.79 Å². The molecule has 0 aromatic carbocycles. The number of hydrogen-bond acceptors (Lipinski definition) is 12. The summed E-state index contributed by atoms with van der Waals surface area (Å²) in [4.78, 5) is 59.0. The van der Waals surface area contributed by atoms with Gasteiger partial charge in [-0.1, -0.05) is 0 Å². The quantitative estimate of drug-likeness (QED) is 0.302. The summed E-state index contributed by atoms with van der Waals surface area (Å²) in [5.41, 5.74) is 0. The van der Waals surface area contributed by atoms with Crippen LogP contribution >= 0.6 is 0 Å². The van der Waals surface area contributed by atoms with Crippen LogP contribution in [-0.2, 0) is 52.4 Å². The fourth-order valence-electron chi connectivity index (χ4n) is 3.31. The summed E-state index contributed by atoms with van der Waals surface area (Å²) in [5.74, 6) is -6.01. The summed E-state index contributed by atoms with van der Waals surface area (Å²) < 4.78 is 31.1. The van der Waals surface area contributed by atoms with Gasteiger partial charge in [-0.3, -0.25) is 19.2 Å². The highest BCUT2D eigenvalue weighted by atomic mass is 16.7. The standard InChI is InChI=1S/C19H29NO12/c1-9(21)20-15-14(30-11(3)23)7-19(28-6,18(26)27-5)32-17(15)16(31-12(4)24)13(25)8-29-10(2)22/h13-17,25H,7-8H2,1-6H3,(H,20,21)/t13-,14+,15-,16-,17-,19+/m1/s1. The first-order chi connectivity index (χ1) is 14.9. The lowest BCUT2D eigenvalue weighted by atomic mass is 9.88. The van der Waals surface area contributed by atoms with Gasteiger partial charge in [-0.25, -0.2) is 4.79 Å². The Morgan fingerprint density at radius 2 is 1.69 bits per heavy atom. The van der Waals surface area contributed by atoms with Crippen LogP contribution < -0.4 is 5.32 Å². The number of carbonyl (C=O) groups excluding carboxylic acids is 5. The van der Waals surface area contributed by atoms with Gasteiger partial charge in [0.1, 0.15) is 24.9 Å². The van der Waals surface area contributed by atoms with Gasteiger partial charge in [-0.2, -0.15) is 0 Å². The molecule has 6 atom stereocenters. The second kappa shape index (κ2) is 11.7. The molecular formula is C19H29NO12. The average Bonchev–Trinajstić information content (AvgIpc) is 2.69. The van der Waals surface area contributed by atoms with Crippen LogP contribution in [0, 0.1) is 0 Å². The molecule has 0 radical (unpaired) electrons. The molecule has 1 heterocycles. The third-order valence-corrected chi connectivity index (χ3v) is 4.53. The first kappa shape index (κ1) is 27.3. The minimum Gasteiger partial charge on any atom is -0.465 e. The van der Waals surface area contributed by atoms with E-state index in [1.54, 1.807) is 0 Å². The van der Waals surface area contributed by atoms with Crippen molar-refractivity contribution in [1.29, 1.82) is 0 Å². The van der Waals surface area contributed by atoms with Gasteiger partial charge in [0.05, 0.1) is 19.6 Å². The fraction of sp³-hybridized carbons (Fsp3) is 0.737. The molecule has 32 heavy (non-hydrogen) atoms. The molecule has 1 aliphatic rings. The number of aliphatic hydroxyl groups excluding tert-OH is 1. The third kappa shape index (κ3) is 7.14. The zero-order valence-corrected chi connectivity index (χ0v) is 18.7. The van der Waals surface area contributed by atoms with Gasteiger partial charge in [0.15, 0.2) is 6.10 Å². The number of esters is 4. The fourth-order valence-corrected chi connectivity index (χ4v) is 3.31. The number of ether oxygens (including phenoxy) is 6. The summed E-state index contributed by atoms with van der Waals surface area (Å²) >= 11 is 0. The molecule has 13 nitrogen and oxygen atoms in total. The highest BCUT2D eigenvalue weighted by Crippen LogP contribution is 2.36.